The van der Waals surface area contributed by atoms with Crippen molar-refractivity contribution in [1.82, 2.24) is 0 Å². The monoisotopic (exact) mass is 206 g/mol. The quantitative estimate of drug-likeness (QED) is 0.777. The molecule has 0 spiro atoms. The Kier molecular flexibility index (Phi) is 2.60. The lowest BCUT2D eigenvalue weighted by Gasteiger charge is -2.16. The van der Waals surface area contributed by atoms with Gasteiger partial charge in [0.1, 0.15) is 5.75 Å². The minimum Gasteiger partial charge on any atom is -0.497 e. The van der Waals surface area contributed by atoms with Gasteiger partial charge in [0, 0.05) is 30.8 Å². The highest BCUT2D eigenvalue weighted by Crippen LogP contribution is 2.24. The number of nitrogens with zero attached hydrogens (tertiary/aromatic N) is 1. The van der Waals surface area contributed by atoms with Crippen molar-refractivity contribution in [3.05, 3.63) is 24.3 Å². The van der Waals surface area contributed by atoms with Crippen molar-refractivity contribution in [1.29, 1.82) is 0 Å². The number of benzene rings is 1. The van der Waals surface area contributed by atoms with Gasteiger partial charge in [0.15, 0.2) is 0 Å². The lowest BCUT2D eigenvalue weighted by atomic mass is 10.3. The summed E-state index contributed by atoms with van der Waals surface area (Å²) in [6, 6.07) is 7.40. The highest BCUT2D eigenvalue weighted by Gasteiger charge is 2.27. The Labute approximate surface area is 88.6 Å². The molecule has 0 saturated carbocycles. The summed E-state index contributed by atoms with van der Waals surface area (Å²) < 4.78 is 5.11. The van der Waals surface area contributed by atoms with Crippen LogP contribution in [0.5, 0.6) is 5.75 Å². The molecule has 0 bridgehead atoms. The van der Waals surface area contributed by atoms with Crippen LogP contribution in [0.4, 0.5) is 5.69 Å². The smallest absolute Gasteiger partial charge is 0.228 e. The van der Waals surface area contributed by atoms with E-state index in [9.17, 15) is 4.79 Å². The summed E-state index contributed by atoms with van der Waals surface area (Å²) in [4.78, 5) is 13.3. The van der Waals surface area contributed by atoms with Gasteiger partial charge in [-0.05, 0) is 12.1 Å². The fourth-order valence-electron chi connectivity index (χ4n) is 1.76. The average Bonchev–Trinajstić information content (AvgIpc) is 2.58. The van der Waals surface area contributed by atoms with Gasteiger partial charge in [0.2, 0.25) is 5.91 Å². The molecule has 1 aromatic rings. The molecule has 1 fully saturated rings. The van der Waals surface area contributed by atoms with Crippen LogP contribution < -0.4 is 15.4 Å². The Bertz CT molecular complexity index is 379. The predicted molar refractivity (Wildman–Crippen MR) is 57.9 cm³/mol. The summed E-state index contributed by atoms with van der Waals surface area (Å²) in [5, 5.41) is 0. The molecule has 1 heterocycles. The van der Waals surface area contributed by atoms with Crippen molar-refractivity contribution in [3.63, 3.8) is 0 Å². The number of methoxy groups -OCH3 is 1. The number of rotatable bonds is 2. The third-order valence-electron chi connectivity index (χ3n) is 2.52. The fourth-order valence-corrected chi connectivity index (χ4v) is 1.76. The van der Waals surface area contributed by atoms with Gasteiger partial charge in [0.05, 0.1) is 7.11 Å². The van der Waals surface area contributed by atoms with E-state index in [2.05, 4.69) is 0 Å². The number of ether oxygens (including phenoxy) is 1. The normalized spacial score (nSPS) is 20.8. The van der Waals surface area contributed by atoms with E-state index in [-0.39, 0.29) is 11.9 Å². The number of nitrogens with two attached hydrogens (primary N) is 1. The maximum Gasteiger partial charge on any atom is 0.228 e. The van der Waals surface area contributed by atoms with E-state index in [4.69, 9.17) is 10.5 Å². The molecule has 2 rings (SSSR count). The standard InChI is InChI=1S/C11H14N2O2/c1-15-10-4-2-3-9(6-10)13-7-8(12)5-11(13)14/h2-4,6,8H,5,7,12H2,1H3/t8-/m0/s1. The van der Waals surface area contributed by atoms with Crippen molar-refractivity contribution >= 4 is 11.6 Å². The van der Waals surface area contributed by atoms with Crippen LogP contribution in [-0.4, -0.2) is 25.6 Å². The van der Waals surface area contributed by atoms with Gasteiger partial charge in [-0.2, -0.15) is 0 Å². The van der Waals surface area contributed by atoms with Crippen LogP contribution in [0.3, 0.4) is 0 Å². The molecule has 1 aliphatic rings. The lowest BCUT2D eigenvalue weighted by Crippen LogP contribution is -2.27. The van der Waals surface area contributed by atoms with Crippen LogP contribution in [0.25, 0.3) is 0 Å². The number of carbonyl (C=O) groups excluding carboxylic acids is 1. The fraction of sp³-hybridized carbons (Fsp3) is 0.364. The van der Waals surface area contributed by atoms with E-state index in [0.717, 1.165) is 11.4 Å². The third-order valence-corrected chi connectivity index (χ3v) is 2.52. The van der Waals surface area contributed by atoms with Crippen LogP contribution in [0.15, 0.2) is 24.3 Å². The lowest BCUT2D eigenvalue weighted by molar-refractivity contribution is -0.117. The summed E-state index contributed by atoms with van der Waals surface area (Å²) >= 11 is 0. The molecule has 2 N–H and O–H groups in total. The molecule has 80 valence electrons. The van der Waals surface area contributed by atoms with E-state index in [1.807, 2.05) is 24.3 Å². The largest absolute Gasteiger partial charge is 0.497 e. The Morgan fingerprint density at radius 2 is 2.33 bits per heavy atom. The highest BCUT2D eigenvalue weighted by atomic mass is 16.5. The molecule has 1 aromatic carbocycles. The third kappa shape index (κ3) is 1.94. The van der Waals surface area contributed by atoms with Crippen LogP contribution in [-0.2, 0) is 4.79 Å². The Hall–Kier alpha value is -1.55. The minimum absolute atomic E-state index is 0.0521. The molecule has 1 saturated heterocycles. The molecule has 0 aliphatic carbocycles. The van der Waals surface area contributed by atoms with Crippen LogP contribution >= 0.6 is 0 Å². The molecule has 1 aliphatic heterocycles. The molecular formula is C11H14N2O2. The number of hydrogen-bond donors (Lipinski definition) is 1. The predicted octanol–water partition coefficient (Wildman–Crippen LogP) is 0.759. The minimum atomic E-state index is -0.0521. The highest BCUT2D eigenvalue weighted by molar-refractivity contribution is 5.96. The van der Waals surface area contributed by atoms with Crippen molar-refractivity contribution in [2.75, 3.05) is 18.6 Å². The summed E-state index contributed by atoms with van der Waals surface area (Å²) in [5.74, 6) is 0.830. The van der Waals surface area contributed by atoms with Gasteiger partial charge in [0.25, 0.3) is 0 Å². The Balaban J connectivity index is 2.25. The second-order valence-corrected chi connectivity index (χ2v) is 3.67. The number of amides is 1. The van der Waals surface area contributed by atoms with Crippen molar-refractivity contribution < 1.29 is 9.53 Å². The summed E-state index contributed by atoms with van der Waals surface area (Å²) in [7, 11) is 1.61. The first-order valence-corrected chi connectivity index (χ1v) is 4.90. The molecular weight excluding hydrogens is 192 g/mol. The second kappa shape index (κ2) is 3.90. The average molecular weight is 206 g/mol. The molecule has 0 radical (unpaired) electrons. The van der Waals surface area contributed by atoms with Gasteiger partial charge < -0.3 is 15.4 Å². The summed E-state index contributed by atoms with van der Waals surface area (Å²) in [5.41, 5.74) is 6.58. The molecule has 0 aromatic heterocycles. The first-order valence-electron chi connectivity index (χ1n) is 4.90. The van der Waals surface area contributed by atoms with Gasteiger partial charge in [-0.15, -0.1) is 0 Å². The Morgan fingerprint density at radius 1 is 1.53 bits per heavy atom. The molecule has 4 nitrogen and oxygen atoms in total. The first kappa shape index (κ1) is 9.98. The van der Waals surface area contributed by atoms with E-state index < -0.39 is 0 Å². The number of anilines is 1. The zero-order chi connectivity index (χ0) is 10.8. The molecule has 0 unspecified atom stereocenters. The van der Waals surface area contributed by atoms with Crippen LogP contribution in [0.1, 0.15) is 6.42 Å². The van der Waals surface area contributed by atoms with E-state index >= 15 is 0 Å². The molecule has 1 atom stereocenters. The zero-order valence-corrected chi connectivity index (χ0v) is 8.64. The SMILES string of the molecule is COc1cccc(N2C[C@@H](N)CC2=O)c1. The Morgan fingerprint density at radius 3 is 2.93 bits per heavy atom. The molecule has 1 amide bonds. The van der Waals surface area contributed by atoms with Crippen molar-refractivity contribution in [3.8, 4) is 5.75 Å². The maximum atomic E-state index is 11.6. The van der Waals surface area contributed by atoms with Crippen molar-refractivity contribution in [2.45, 2.75) is 12.5 Å². The zero-order valence-electron chi connectivity index (χ0n) is 8.64. The maximum absolute atomic E-state index is 11.6. The van der Waals surface area contributed by atoms with E-state index in [1.165, 1.54) is 0 Å². The van der Waals surface area contributed by atoms with Gasteiger partial charge in [-0.1, -0.05) is 6.07 Å². The molecule has 4 heteroatoms. The van der Waals surface area contributed by atoms with Crippen LogP contribution in [0.2, 0.25) is 0 Å². The summed E-state index contributed by atoms with van der Waals surface area (Å²) in [6.45, 7) is 0.589. The number of hydrogen-bond acceptors (Lipinski definition) is 3. The second-order valence-electron chi connectivity index (χ2n) is 3.67. The summed E-state index contributed by atoms with van der Waals surface area (Å²) in [6.07, 6.45) is 0.428. The van der Waals surface area contributed by atoms with E-state index in [0.29, 0.717) is 13.0 Å². The topological polar surface area (TPSA) is 55.6 Å². The van der Waals surface area contributed by atoms with E-state index in [1.54, 1.807) is 12.0 Å². The van der Waals surface area contributed by atoms with Gasteiger partial charge >= 0.3 is 0 Å². The first-order chi connectivity index (χ1) is 7.20. The van der Waals surface area contributed by atoms with Crippen molar-refractivity contribution in [2.24, 2.45) is 5.73 Å². The van der Waals surface area contributed by atoms with Gasteiger partial charge in [-0.25, -0.2) is 0 Å². The van der Waals surface area contributed by atoms with Crippen LogP contribution in [0, 0.1) is 0 Å². The molecule has 15 heavy (non-hydrogen) atoms. The van der Waals surface area contributed by atoms with Gasteiger partial charge in [-0.3, -0.25) is 4.79 Å². The number of carbonyl (C=O) groups is 1.